The van der Waals surface area contributed by atoms with Crippen molar-refractivity contribution in [3.05, 3.63) is 72.2 Å². The van der Waals surface area contributed by atoms with Crippen LogP contribution >= 0.6 is 0 Å². The number of esters is 1. The molecule has 1 saturated heterocycles. The maximum absolute atomic E-state index is 14.6. The number of aromatic nitrogens is 2. The van der Waals surface area contributed by atoms with Gasteiger partial charge in [-0.25, -0.2) is 13.9 Å². The summed E-state index contributed by atoms with van der Waals surface area (Å²) in [5, 5.41) is 5.73. The SMILES string of the molecule is COC[C@@]1(C)CN(c2ccc(C(=O)OC(C)(C)C)cc2)c2cc3c(cnn3C3CCCCO3)cc2N1c1ccc(F)c(OC)c1. The highest BCUT2D eigenvalue weighted by Gasteiger charge is 2.43. The van der Waals surface area contributed by atoms with Crippen LogP contribution < -0.4 is 14.5 Å². The molecule has 9 nitrogen and oxygen atoms in total. The first-order valence-electron chi connectivity index (χ1n) is 15.4. The van der Waals surface area contributed by atoms with Crippen LogP contribution in [0, 0.1) is 5.82 Å². The minimum Gasteiger partial charge on any atom is -0.494 e. The quantitative estimate of drug-likeness (QED) is 0.197. The van der Waals surface area contributed by atoms with Gasteiger partial charge in [0.2, 0.25) is 0 Å². The van der Waals surface area contributed by atoms with E-state index in [1.165, 1.54) is 13.2 Å². The van der Waals surface area contributed by atoms with E-state index in [1.807, 2.05) is 43.8 Å². The second kappa shape index (κ2) is 12.0. The van der Waals surface area contributed by atoms with Crippen LogP contribution in [0.25, 0.3) is 10.9 Å². The van der Waals surface area contributed by atoms with Crippen molar-refractivity contribution in [2.45, 2.75) is 64.3 Å². The third-order valence-electron chi connectivity index (χ3n) is 8.35. The number of halogens is 1. The van der Waals surface area contributed by atoms with E-state index in [-0.39, 0.29) is 17.9 Å². The summed E-state index contributed by atoms with van der Waals surface area (Å²) in [4.78, 5) is 17.2. The third-order valence-corrected chi connectivity index (χ3v) is 8.35. The molecule has 3 aromatic carbocycles. The number of rotatable bonds is 7. The molecule has 2 aliphatic heterocycles. The van der Waals surface area contributed by atoms with Gasteiger partial charge < -0.3 is 28.7 Å². The lowest BCUT2D eigenvalue weighted by Gasteiger charge is -2.51. The van der Waals surface area contributed by atoms with Gasteiger partial charge in [-0.1, -0.05) is 0 Å². The second-order valence-corrected chi connectivity index (χ2v) is 13.0. The Hall–Kier alpha value is -4.15. The molecule has 238 valence electrons. The van der Waals surface area contributed by atoms with Gasteiger partial charge >= 0.3 is 5.97 Å². The molecule has 1 unspecified atom stereocenters. The molecule has 0 saturated carbocycles. The largest absolute Gasteiger partial charge is 0.494 e. The summed E-state index contributed by atoms with van der Waals surface area (Å²) < 4.78 is 39.5. The Morgan fingerprint density at radius 3 is 2.47 bits per heavy atom. The van der Waals surface area contributed by atoms with Crippen molar-refractivity contribution in [3.63, 3.8) is 0 Å². The number of carbonyl (C=O) groups excluding carboxylic acids is 1. The molecule has 2 atom stereocenters. The van der Waals surface area contributed by atoms with E-state index in [4.69, 9.17) is 24.0 Å². The molecule has 4 aromatic rings. The maximum atomic E-state index is 14.6. The molecule has 0 aliphatic carbocycles. The standard InChI is InChI=1S/C35H41FN4O5/c1-34(2,3)45-33(41)23-10-12-25(13-11-23)38-21-35(4,22-42-5)39(26-14-15-27(36)31(18-26)43-6)30-17-24-20-37-40(28(24)19-29(30)38)32-9-7-8-16-44-32/h10-15,17-20,32H,7-9,16,21-22H2,1-6H3/t32?,35-/m1/s1. The zero-order valence-corrected chi connectivity index (χ0v) is 26.8. The van der Waals surface area contributed by atoms with Gasteiger partial charge in [-0.3, -0.25) is 0 Å². The Balaban J connectivity index is 1.52. The van der Waals surface area contributed by atoms with Gasteiger partial charge in [0.15, 0.2) is 17.8 Å². The van der Waals surface area contributed by atoms with Gasteiger partial charge in [0.25, 0.3) is 0 Å². The summed E-state index contributed by atoms with van der Waals surface area (Å²) in [7, 11) is 3.15. The van der Waals surface area contributed by atoms with Crippen LogP contribution in [0.1, 0.15) is 63.5 Å². The highest BCUT2D eigenvalue weighted by atomic mass is 19.1. The van der Waals surface area contributed by atoms with Crippen LogP contribution in [0.2, 0.25) is 0 Å². The van der Waals surface area contributed by atoms with Crippen molar-refractivity contribution in [2.24, 2.45) is 0 Å². The van der Waals surface area contributed by atoms with Gasteiger partial charge in [0, 0.05) is 43.1 Å². The highest BCUT2D eigenvalue weighted by molar-refractivity contribution is 5.96. The molecule has 1 fully saturated rings. The van der Waals surface area contributed by atoms with Crippen molar-refractivity contribution in [2.75, 3.05) is 43.8 Å². The van der Waals surface area contributed by atoms with E-state index in [1.54, 1.807) is 31.4 Å². The number of ether oxygens (including phenoxy) is 4. The summed E-state index contributed by atoms with van der Waals surface area (Å²) >= 11 is 0. The topological polar surface area (TPSA) is 78.3 Å². The number of carbonyl (C=O) groups is 1. The lowest BCUT2D eigenvalue weighted by Crippen LogP contribution is -2.57. The van der Waals surface area contributed by atoms with Gasteiger partial charge in [-0.15, -0.1) is 0 Å². The smallest absolute Gasteiger partial charge is 0.338 e. The average Bonchev–Trinajstić information content (AvgIpc) is 3.43. The molecule has 0 amide bonds. The van der Waals surface area contributed by atoms with E-state index in [2.05, 4.69) is 28.9 Å². The third kappa shape index (κ3) is 5.96. The molecule has 6 rings (SSSR count). The summed E-state index contributed by atoms with van der Waals surface area (Å²) in [5.41, 5.74) is 3.77. The van der Waals surface area contributed by atoms with Crippen LogP contribution in [-0.2, 0) is 14.2 Å². The Bertz CT molecular complexity index is 1690. The van der Waals surface area contributed by atoms with E-state index in [0.29, 0.717) is 25.3 Å². The summed E-state index contributed by atoms with van der Waals surface area (Å²) in [6.07, 6.45) is 4.78. The van der Waals surface area contributed by atoms with Crippen molar-refractivity contribution < 1.29 is 28.1 Å². The average molecular weight is 617 g/mol. The van der Waals surface area contributed by atoms with E-state index in [9.17, 15) is 9.18 Å². The number of hydrogen-bond acceptors (Lipinski definition) is 8. The predicted octanol–water partition coefficient (Wildman–Crippen LogP) is 7.53. The minimum absolute atomic E-state index is 0.129. The maximum Gasteiger partial charge on any atom is 0.338 e. The molecular formula is C35H41FN4O5. The Labute approximate surface area is 263 Å². The van der Waals surface area contributed by atoms with Crippen molar-refractivity contribution >= 4 is 39.6 Å². The monoisotopic (exact) mass is 616 g/mol. The molecule has 45 heavy (non-hydrogen) atoms. The Morgan fingerprint density at radius 1 is 1.04 bits per heavy atom. The van der Waals surface area contributed by atoms with Crippen LogP contribution in [0.3, 0.4) is 0 Å². The Kier molecular flexibility index (Phi) is 8.22. The normalized spacial score (nSPS) is 20.3. The number of nitrogens with zero attached hydrogens (tertiary/aromatic N) is 4. The highest BCUT2D eigenvalue weighted by Crippen LogP contribution is 2.49. The first-order chi connectivity index (χ1) is 21.5. The lowest BCUT2D eigenvalue weighted by atomic mass is 9.92. The number of methoxy groups -OCH3 is 2. The van der Waals surface area contributed by atoms with Crippen LogP contribution in [0.4, 0.5) is 27.1 Å². The number of fused-ring (bicyclic) bond motifs is 2. The van der Waals surface area contributed by atoms with E-state index < -0.39 is 17.0 Å². The minimum atomic E-state index is -0.593. The Morgan fingerprint density at radius 2 is 1.80 bits per heavy atom. The van der Waals surface area contributed by atoms with Gasteiger partial charge in [-0.05, 0) is 95.5 Å². The molecule has 0 bridgehead atoms. The molecule has 3 heterocycles. The van der Waals surface area contributed by atoms with Crippen molar-refractivity contribution in [3.8, 4) is 5.75 Å². The molecule has 0 radical (unpaired) electrons. The second-order valence-electron chi connectivity index (χ2n) is 13.0. The molecule has 0 N–H and O–H groups in total. The first-order valence-corrected chi connectivity index (χ1v) is 15.4. The number of hydrogen-bond donors (Lipinski definition) is 0. The van der Waals surface area contributed by atoms with Gasteiger partial charge in [0.1, 0.15) is 5.60 Å². The van der Waals surface area contributed by atoms with Gasteiger partial charge in [0.05, 0.1) is 47.9 Å². The van der Waals surface area contributed by atoms with Crippen molar-refractivity contribution in [1.82, 2.24) is 9.78 Å². The van der Waals surface area contributed by atoms with E-state index in [0.717, 1.165) is 52.9 Å². The predicted molar refractivity (Wildman–Crippen MR) is 173 cm³/mol. The zero-order chi connectivity index (χ0) is 31.9. The van der Waals surface area contributed by atoms with Gasteiger partial charge in [-0.2, -0.15) is 5.10 Å². The summed E-state index contributed by atoms with van der Waals surface area (Å²) in [5.74, 6) is -0.632. The van der Waals surface area contributed by atoms with Crippen LogP contribution in [0.15, 0.2) is 60.8 Å². The zero-order valence-electron chi connectivity index (χ0n) is 26.8. The molecule has 10 heteroatoms. The molecular weight excluding hydrogens is 575 g/mol. The lowest BCUT2D eigenvalue weighted by molar-refractivity contribution is -0.0366. The fourth-order valence-corrected chi connectivity index (χ4v) is 6.40. The first kappa shape index (κ1) is 30.9. The summed E-state index contributed by atoms with van der Waals surface area (Å²) in [6, 6.07) is 16.7. The molecule has 2 aliphatic rings. The molecule has 1 aromatic heterocycles. The van der Waals surface area contributed by atoms with Crippen LogP contribution in [0.5, 0.6) is 5.75 Å². The van der Waals surface area contributed by atoms with Crippen LogP contribution in [-0.4, -0.2) is 60.9 Å². The summed E-state index contributed by atoms with van der Waals surface area (Å²) in [6.45, 7) is 9.31. The fraction of sp³-hybridized carbons (Fsp3) is 0.429. The number of benzene rings is 3. The van der Waals surface area contributed by atoms with E-state index >= 15 is 0 Å². The number of anilines is 4. The molecule has 0 spiro atoms. The fourth-order valence-electron chi connectivity index (χ4n) is 6.40. The van der Waals surface area contributed by atoms with Crippen molar-refractivity contribution in [1.29, 1.82) is 0 Å².